The number of nitrogens with zero attached hydrogens (tertiary/aromatic N) is 1. The van der Waals surface area contributed by atoms with Crippen LogP contribution in [0.2, 0.25) is 0 Å². The number of aliphatic carboxylic acids is 1. The third-order valence-corrected chi connectivity index (χ3v) is 3.41. The predicted octanol–water partition coefficient (Wildman–Crippen LogP) is 2.48. The molecule has 0 aliphatic rings. The third-order valence-electron chi connectivity index (χ3n) is 3.41. The van der Waals surface area contributed by atoms with Crippen molar-refractivity contribution in [3.63, 3.8) is 0 Å². The summed E-state index contributed by atoms with van der Waals surface area (Å²) in [6.45, 7) is 0.449. The summed E-state index contributed by atoms with van der Waals surface area (Å²) in [5.74, 6) is -0.899. The summed E-state index contributed by atoms with van der Waals surface area (Å²) in [4.78, 5) is 18.7. The molecule has 106 valence electrons. The molecule has 3 aromatic rings. The lowest BCUT2D eigenvalue weighted by Gasteiger charge is -2.14. The van der Waals surface area contributed by atoms with Crippen LogP contribution in [0.5, 0.6) is 0 Å². The van der Waals surface area contributed by atoms with Crippen LogP contribution in [0.4, 0.5) is 0 Å². The number of carboxylic acid groups (broad SMARTS) is 1. The Bertz CT molecular complexity index is 752. The highest BCUT2D eigenvalue weighted by molar-refractivity contribution is 5.89. The Labute approximate surface area is 121 Å². The molecule has 0 fully saturated rings. The number of pyridine rings is 1. The first-order valence-corrected chi connectivity index (χ1v) is 6.67. The van der Waals surface area contributed by atoms with Gasteiger partial charge in [0.25, 0.3) is 0 Å². The normalized spacial score (nSPS) is 12.4. The number of para-hydroxylation sites is 1. The fourth-order valence-corrected chi connectivity index (χ4v) is 2.39. The summed E-state index contributed by atoms with van der Waals surface area (Å²) in [6, 6.07) is 10.6. The van der Waals surface area contributed by atoms with E-state index < -0.39 is 12.0 Å². The molecule has 0 bridgehead atoms. The second-order valence-electron chi connectivity index (χ2n) is 4.80. The topological polar surface area (TPSA) is 78.0 Å². The van der Waals surface area contributed by atoms with Gasteiger partial charge in [-0.05, 0) is 17.7 Å². The average molecular weight is 281 g/mol. The van der Waals surface area contributed by atoms with E-state index in [-0.39, 0.29) is 0 Å². The van der Waals surface area contributed by atoms with Gasteiger partial charge in [0.2, 0.25) is 0 Å². The first kappa shape index (κ1) is 13.3. The lowest BCUT2D eigenvalue weighted by atomic mass is 10.1. The molecule has 0 aliphatic carbocycles. The maximum absolute atomic E-state index is 11.6. The highest BCUT2D eigenvalue weighted by atomic mass is 16.4. The highest BCUT2D eigenvalue weighted by Gasteiger charge is 2.22. The third kappa shape index (κ3) is 2.78. The van der Waals surface area contributed by atoms with Crippen molar-refractivity contribution in [2.75, 3.05) is 0 Å². The van der Waals surface area contributed by atoms with Gasteiger partial charge in [-0.25, -0.2) is 0 Å². The second-order valence-corrected chi connectivity index (χ2v) is 4.80. The molecule has 0 amide bonds. The molecule has 0 radical (unpaired) electrons. The van der Waals surface area contributed by atoms with Crippen LogP contribution >= 0.6 is 0 Å². The Balaban J connectivity index is 1.86. The number of aromatic nitrogens is 2. The molecular formula is C16H15N3O2. The van der Waals surface area contributed by atoms with Crippen molar-refractivity contribution in [2.24, 2.45) is 0 Å². The minimum absolute atomic E-state index is 0.449. The van der Waals surface area contributed by atoms with Gasteiger partial charge in [-0.15, -0.1) is 0 Å². The van der Waals surface area contributed by atoms with Gasteiger partial charge in [0.15, 0.2) is 0 Å². The SMILES string of the molecule is O=C(O)C(NCc1cccnc1)c1c[nH]c2ccccc12. The first-order chi connectivity index (χ1) is 10.3. The molecule has 3 N–H and O–H groups in total. The van der Waals surface area contributed by atoms with Crippen LogP contribution < -0.4 is 5.32 Å². The van der Waals surface area contributed by atoms with Crippen LogP contribution in [0.3, 0.4) is 0 Å². The summed E-state index contributed by atoms with van der Waals surface area (Å²) in [7, 11) is 0. The van der Waals surface area contributed by atoms with Gasteiger partial charge < -0.3 is 10.1 Å². The number of benzene rings is 1. The van der Waals surface area contributed by atoms with E-state index in [0.717, 1.165) is 22.0 Å². The Morgan fingerprint density at radius 2 is 2.14 bits per heavy atom. The van der Waals surface area contributed by atoms with Gasteiger partial charge in [0.05, 0.1) is 0 Å². The van der Waals surface area contributed by atoms with Crippen LogP contribution in [-0.2, 0) is 11.3 Å². The van der Waals surface area contributed by atoms with Crippen molar-refractivity contribution in [3.05, 3.63) is 66.1 Å². The maximum atomic E-state index is 11.6. The van der Waals surface area contributed by atoms with E-state index in [9.17, 15) is 9.90 Å². The number of H-pyrrole nitrogens is 1. The second kappa shape index (κ2) is 5.76. The Kier molecular flexibility index (Phi) is 3.66. The van der Waals surface area contributed by atoms with E-state index in [1.54, 1.807) is 18.6 Å². The fourth-order valence-electron chi connectivity index (χ4n) is 2.39. The minimum atomic E-state index is -0.899. The van der Waals surface area contributed by atoms with Crippen molar-refractivity contribution in [2.45, 2.75) is 12.6 Å². The molecule has 1 atom stereocenters. The Morgan fingerprint density at radius 3 is 2.90 bits per heavy atom. The Morgan fingerprint density at radius 1 is 1.29 bits per heavy atom. The number of hydrogen-bond donors (Lipinski definition) is 3. The number of rotatable bonds is 5. The van der Waals surface area contributed by atoms with Gasteiger partial charge in [-0.3, -0.25) is 15.1 Å². The highest BCUT2D eigenvalue weighted by Crippen LogP contribution is 2.24. The smallest absolute Gasteiger partial charge is 0.325 e. The van der Waals surface area contributed by atoms with Crippen LogP contribution in [0.25, 0.3) is 10.9 Å². The van der Waals surface area contributed by atoms with E-state index >= 15 is 0 Å². The number of hydrogen-bond acceptors (Lipinski definition) is 3. The van der Waals surface area contributed by atoms with Crippen LogP contribution in [0.1, 0.15) is 17.2 Å². The van der Waals surface area contributed by atoms with Gasteiger partial charge in [0, 0.05) is 41.6 Å². The zero-order valence-corrected chi connectivity index (χ0v) is 11.3. The monoisotopic (exact) mass is 281 g/mol. The van der Waals surface area contributed by atoms with Gasteiger partial charge in [-0.1, -0.05) is 24.3 Å². The number of aromatic amines is 1. The number of nitrogens with one attached hydrogen (secondary N) is 2. The molecule has 0 saturated heterocycles. The van der Waals surface area contributed by atoms with E-state index in [4.69, 9.17) is 0 Å². The molecule has 21 heavy (non-hydrogen) atoms. The van der Waals surface area contributed by atoms with Crippen molar-refractivity contribution in [1.82, 2.24) is 15.3 Å². The van der Waals surface area contributed by atoms with Crippen molar-refractivity contribution in [1.29, 1.82) is 0 Å². The van der Waals surface area contributed by atoms with E-state index in [1.807, 2.05) is 36.4 Å². The number of carboxylic acids is 1. The van der Waals surface area contributed by atoms with E-state index in [2.05, 4.69) is 15.3 Å². The van der Waals surface area contributed by atoms with Crippen molar-refractivity contribution in [3.8, 4) is 0 Å². The fraction of sp³-hybridized carbons (Fsp3) is 0.125. The molecule has 5 heteroatoms. The maximum Gasteiger partial charge on any atom is 0.325 e. The summed E-state index contributed by atoms with van der Waals surface area (Å²) >= 11 is 0. The lowest BCUT2D eigenvalue weighted by molar-refractivity contribution is -0.139. The summed E-state index contributed by atoms with van der Waals surface area (Å²) in [6.07, 6.45) is 5.17. The molecule has 0 aliphatic heterocycles. The Hall–Kier alpha value is -2.66. The molecule has 2 aromatic heterocycles. The van der Waals surface area contributed by atoms with Crippen molar-refractivity contribution >= 4 is 16.9 Å². The standard InChI is InChI=1S/C16H15N3O2/c20-16(21)15(19-9-11-4-3-7-17-8-11)13-10-18-14-6-2-1-5-12(13)14/h1-8,10,15,18-19H,9H2,(H,20,21). The molecule has 1 unspecified atom stereocenters. The molecule has 3 rings (SSSR count). The summed E-state index contributed by atoms with van der Waals surface area (Å²) < 4.78 is 0. The minimum Gasteiger partial charge on any atom is -0.480 e. The number of fused-ring (bicyclic) bond motifs is 1. The molecular weight excluding hydrogens is 266 g/mol. The predicted molar refractivity (Wildman–Crippen MR) is 79.8 cm³/mol. The van der Waals surface area contributed by atoms with Crippen LogP contribution in [-0.4, -0.2) is 21.0 Å². The quantitative estimate of drug-likeness (QED) is 0.671. The van der Waals surface area contributed by atoms with E-state index in [1.165, 1.54) is 0 Å². The summed E-state index contributed by atoms with van der Waals surface area (Å²) in [5, 5.41) is 13.5. The zero-order valence-electron chi connectivity index (χ0n) is 11.3. The van der Waals surface area contributed by atoms with E-state index in [0.29, 0.717) is 6.54 Å². The van der Waals surface area contributed by atoms with Crippen molar-refractivity contribution < 1.29 is 9.90 Å². The largest absolute Gasteiger partial charge is 0.480 e. The number of carbonyl (C=O) groups is 1. The van der Waals surface area contributed by atoms with Gasteiger partial charge in [0.1, 0.15) is 6.04 Å². The van der Waals surface area contributed by atoms with Crippen LogP contribution in [0.15, 0.2) is 55.0 Å². The molecule has 0 spiro atoms. The zero-order chi connectivity index (χ0) is 14.7. The average Bonchev–Trinajstić information content (AvgIpc) is 2.92. The summed E-state index contributed by atoms with van der Waals surface area (Å²) in [5.41, 5.74) is 2.62. The molecule has 2 heterocycles. The van der Waals surface area contributed by atoms with Gasteiger partial charge >= 0.3 is 5.97 Å². The van der Waals surface area contributed by atoms with Gasteiger partial charge in [-0.2, -0.15) is 0 Å². The molecule has 5 nitrogen and oxygen atoms in total. The molecule has 0 saturated carbocycles. The molecule has 1 aromatic carbocycles. The first-order valence-electron chi connectivity index (χ1n) is 6.67. The lowest BCUT2D eigenvalue weighted by Crippen LogP contribution is -2.28. The van der Waals surface area contributed by atoms with Crippen LogP contribution in [0, 0.1) is 0 Å².